The molecule has 2 aromatic carbocycles. The lowest BCUT2D eigenvalue weighted by molar-refractivity contribution is -0.120. The molecule has 0 unspecified atom stereocenters. The van der Waals surface area contributed by atoms with Gasteiger partial charge in [0.2, 0.25) is 5.91 Å². The first-order valence-corrected chi connectivity index (χ1v) is 10.1. The van der Waals surface area contributed by atoms with E-state index < -0.39 is 5.97 Å². The number of H-pyrrole nitrogens is 1. The fourth-order valence-electron chi connectivity index (χ4n) is 3.93. The third-order valence-corrected chi connectivity index (χ3v) is 5.71. The molecule has 30 heavy (non-hydrogen) atoms. The number of aromatic nitrogens is 1. The largest absolute Gasteiger partial charge is 0.464 e. The van der Waals surface area contributed by atoms with Crippen molar-refractivity contribution in [3.05, 3.63) is 60.3 Å². The van der Waals surface area contributed by atoms with E-state index in [4.69, 9.17) is 4.74 Å². The number of esters is 1. The number of nitrogens with one attached hydrogen (secondary N) is 2. The Morgan fingerprint density at radius 3 is 2.37 bits per heavy atom. The van der Waals surface area contributed by atoms with E-state index in [1.54, 1.807) is 0 Å². The summed E-state index contributed by atoms with van der Waals surface area (Å²) >= 11 is 0. The molecule has 1 aliphatic rings. The van der Waals surface area contributed by atoms with Gasteiger partial charge in [-0.25, -0.2) is 4.79 Å². The van der Waals surface area contributed by atoms with Crippen molar-refractivity contribution in [2.24, 2.45) is 0 Å². The van der Waals surface area contributed by atoms with Crippen LogP contribution in [-0.4, -0.2) is 61.1 Å². The summed E-state index contributed by atoms with van der Waals surface area (Å²) in [5.74, 6) is -0.649. The molecular weight excluding hydrogens is 380 g/mol. The van der Waals surface area contributed by atoms with E-state index >= 15 is 0 Å². The van der Waals surface area contributed by atoms with Crippen molar-refractivity contribution < 1.29 is 14.3 Å². The fraction of sp³-hybridized carbons (Fsp3) is 0.304. The monoisotopic (exact) mass is 406 g/mol. The van der Waals surface area contributed by atoms with Crippen LogP contribution >= 0.6 is 0 Å². The summed E-state index contributed by atoms with van der Waals surface area (Å²) in [6.45, 7) is 5.22. The average molecular weight is 406 g/mol. The number of carbonyl (C=O) groups is 2. The summed E-state index contributed by atoms with van der Waals surface area (Å²) in [7, 11) is 1.33. The van der Waals surface area contributed by atoms with Crippen LogP contribution in [0.4, 0.5) is 11.4 Å². The number of amides is 1. The van der Waals surface area contributed by atoms with E-state index in [0.29, 0.717) is 5.69 Å². The summed E-state index contributed by atoms with van der Waals surface area (Å²) in [5, 5.41) is 3.75. The maximum Gasteiger partial charge on any atom is 0.356 e. The maximum absolute atomic E-state index is 13.0. The quantitative estimate of drug-likeness (QED) is 0.637. The number of hydrogen-bond donors (Lipinski definition) is 2. The second-order valence-electron chi connectivity index (χ2n) is 7.44. The Labute approximate surface area is 175 Å². The second kappa shape index (κ2) is 8.59. The minimum atomic E-state index is -0.509. The number of methoxy groups -OCH3 is 1. The number of hydrogen-bond acceptors (Lipinski definition) is 5. The van der Waals surface area contributed by atoms with Gasteiger partial charge in [-0.15, -0.1) is 0 Å². The maximum atomic E-state index is 13.0. The Bertz CT molecular complexity index is 1040. The first-order valence-electron chi connectivity index (χ1n) is 10.1. The molecule has 7 nitrogen and oxygen atoms in total. The average Bonchev–Trinajstić information content (AvgIpc) is 3.17. The van der Waals surface area contributed by atoms with Gasteiger partial charge in [-0.05, 0) is 25.1 Å². The minimum Gasteiger partial charge on any atom is -0.464 e. The number of rotatable bonds is 5. The van der Waals surface area contributed by atoms with Gasteiger partial charge in [0.25, 0.3) is 0 Å². The van der Waals surface area contributed by atoms with Crippen molar-refractivity contribution in [3.63, 3.8) is 0 Å². The lowest BCUT2D eigenvalue weighted by Crippen LogP contribution is -2.52. The second-order valence-corrected chi connectivity index (χ2v) is 7.44. The van der Waals surface area contributed by atoms with Gasteiger partial charge < -0.3 is 19.9 Å². The number of fused-ring (bicyclic) bond motifs is 1. The third-order valence-electron chi connectivity index (χ3n) is 5.71. The van der Waals surface area contributed by atoms with Crippen LogP contribution in [0.25, 0.3) is 10.9 Å². The van der Waals surface area contributed by atoms with E-state index in [1.165, 1.54) is 12.8 Å². The highest BCUT2D eigenvalue weighted by Gasteiger charge is 2.28. The zero-order valence-electron chi connectivity index (χ0n) is 17.2. The topological polar surface area (TPSA) is 77.7 Å². The fourth-order valence-corrected chi connectivity index (χ4v) is 3.93. The van der Waals surface area contributed by atoms with Crippen molar-refractivity contribution in [3.8, 4) is 0 Å². The first kappa shape index (κ1) is 20.0. The Kier molecular flexibility index (Phi) is 5.72. The predicted octanol–water partition coefficient (Wildman–Crippen LogP) is 3.10. The molecule has 1 atom stereocenters. The van der Waals surface area contributed by atoms with Crippen LogP contribution in [0.5, 0.6) is 0 Å². The van der Waals surface area contributed by atoms with Crippen LogP contribution < -0.4 is 10.2 Å². The molecule has 0 spiro atoms. The zero-order valence-corrected chi connectivity index (χ0v) is 17.2. The van der Waals surface area contributed by atoms with Gasteiger partial charge in [-0.3, -0.25) is 9.69 Å². The standard InChI is InChI=1S/C23H26N4O3/c1-16(26-12-14-27(15-13-26)17-8-4-3-5-9-17)22(28)25-20-18-10-6-7-11-19(18)24-21(20)23(29)30-2/h3-11,16,24H,12-15H2,1-2H3,(H,25,28)/t16-/m1/s1. The van der Waals surface area contributed by atoms with Crippen LogP contribution in [0.2, 0.25) is 0 Å². The lowest BCUT2D eigenvalue weighted by Gasteiger charge is -2.38. The highest BCUT2D eigenvalue weighted by molar-refractivity contribution is 6.11. The zero-order chi connectivity index (χ0) is 21.1. The molecule has 2 N–H and O–H groups in total. The minimum absolute atomic E-state index is 0.141. The number of benzene rings is 2. The molecule has 156 valence electrons. The number of para-hydroxylation sites is 2. The van der Waals surface area contributed by atoms with E-state index in [1.807, 2.05) is 49.4 Å². The van der Waals surface area contributed by atoms with Crippen molar-refractivity contribution in [2.45, 2.75) is 13.0 Å². The van der Waals surface area contributed by atoms with Gasteiger partial charge in [0, 0.05) is 42.8 Å². The van der Waals surface area contributed by atoms with E-state index in [-0.39, 0.29) is 17.6 Å². The predicted molar refractivity (Wildman–Crippen MR) is 118 cm³/mol. The van der Waals surface area contributed by atoms with Crippen LogP contribution in [0.1, 0.15) is 17.4 Å². The number of aromatic amines is 1. The van der Waals surface area contributed by atoms with E-state index in [0.717, 1.165) is 37.1 Å². The molecule has 4 rings (SSSR count). The first-order chi connectivity index (χ1) is 14.6. The molecule has 0 aliphatic carbocycles. The van der Waals surface area contributed by atoms with Gasteiger partial charge in [0.05, 0.1) is 18.8 Å². The molecule has 1 aromatic heterocycles. The van der Waals surface area contributed by atoms with Crippen LogP contribution in [0.15, 0.2) is 54.6 Å². The number of anilines is 2. The highest BCUT2D eigenvalue weighted by Crippen LogP contribution is 2.28. The molecule has 0 radical (unpaired) electrons. The molecule has 1 fully saturated rings. The molecular formula is C23H26N4O3. The number of carbonyl (C=O) groups excluding carboxylic acids is 2. The Hall–Kier alpha value is -3.32. The Morgan fingerprint density at radius 1 is 1.00 bits per heavy atom. The molecule has 0 bridgehead atoms. The Balaban J connectivity index is 1.46. The molecule has 0 saturated carbocycles. The highest BCUT2D eigenvalue weighted by atomic mass is 16.5. The van der Waals surface area contributed by atoms with Crippen molar-refractivity contribution in [2.75, 3.05) is 43.5 Å². The van der Waals surface area contributed by atoms with Gasteiger partial charge >= 0.3 is 5.97 Å². The normalized spacial score (nSPS) is 15.7. The third kappa shape index (κ3) is 3.89. The van der Waals surface area contributed by atoms with Crippen LogP contribution in [-0.2, 0) is 9.53 Å². The van der Waals surface area contributed by atoms with Crippen molar-refractivity contribution >= 4 is 34.2 Å². The van der Waals surface area contributed by atoms with Gasteiger partial charge in [-0.1, -0.05) is 36.4 Å². The molecule has 2 heterocycles. The summed E-state index contributed by atoms with van der Waals surface area (Å²) in [6, 6.07) is 17.5. The summed E-state index contributed by atoms with van der Waals surface area (Å²) in [4.78, 5) is 32.8. The van der Waals surface area contributed by atoms with Crippen molar-refractivity contribution in [1.82, 2.24) is 9.88 Å². The summed E-state index contributed by atoms with van der Waals surface area (Å²) in [6.07, 6.45) is 0. The molecule has 1 saturated heterocycles. The van der Waals surface area contributed by atoms with Gasteiger partial charge in [0.15, 0.2) is 0 Å². The Morgan fingerprint density at radius 2 is 1.67 bits per heavy atom. The smallest absolute Gasteiger partial charge is 0.356 e. The van der Waals surface area contributed by atoms with Gasteiger partial charge in [0.1, 0.15) is 5.69 Å². The van der Waals surface area contributed by atoms with Gasteiger partial charge in [-0.2, -0.15) is 0 Å². The van der Waals surface area contributed by atoms with E-state index in [9.17, 15) is 9.59 Å². The SMILES string of the molecule is COC(=O)c1[nH]c2ccccc2c1NC(=O)[C@@H](C)N1CCN(c2ccccc2)CC1. The van der Waals surface area contributed by atoms with Crippen LogP contribution in [0.3, 0.4) is 0 Å². The molecule has 3 aromatic rings. The number of piperazine rings is 1. The molecule has 7 heteroatoms. The lowest BCUT2D eigenvalue weighted by atomic mass is 10.1. The molecule has 1 amide bonds. The van der Waals surface area contributed by atoms with Crippen LogP contribution in [0, 0.1) is 0 Å². The van der Waals surface area contributed by atoms with Crippen molar-refractivity contribution in [1.29, 1.82) is 0 Å². The molecule has 1 aliphatic heterocycles. The number of nitrogens with zero attached hydrogens (tertiary/aromatic N) is 2. The summed E-state index contributed by atoms with van der Waals surface area (Å²) in [5.41, 5.74) is 2.71. The summed E-state index contributed by atoms with van der Waals surface area (Å²) < 4.78 is 4.88. The number of ether oxygens (including phenoxy) is 1. The van der Waals surface area contributed by atoms with E-state index in [2.05, 4.69) is 32.2 Å².